The van der Waals surface area contributed by atoms with Gasteiger partial charge in [-0.2, -0.15) is 0 Å². The molecular weight excluding hydrogens is 214 g/mol. The highest BCUT2D eigenvalue weighted by Gasteiger charge is 1.92. The zero-order chi connectivity index (χ0) is 12.2. The van der Waals surface area contributed by atoms with E-state index in [2.05, 4.69) is 14.9 Å². The van der Waals surface area contributed by atoms with Gasteiger partial charge < -0.3 is 15.0 Å². The van der Waals surface area contributed by atoms with Crippen molar-refractivity contribution in [2.45, 2.75) is 45.1 Å². The van der Waals surface area contributed by atoms with Gasteiger partial charge in [0.25, 0.3) is 0 Å². The molecule has 0 atom stereocenters. The van der Waals surface area contributed by atoms with Gasteiger partial charge in [0.2, 0.25) is 0 Å². The van der Waals surface area contributed by atoms with Crippen molar-refractivity contribution in [3.8, 4) is 0 Å². The molecule has 4 heteroatoms. The summed E-state index contributed by atoms with van der Waals surface area (Å²) >= 11 is 0. The lowest BCUT2D eigenvalue weighted by Gasteiger charge is -2.05. The van der Waals surface area contributed by atoms with Gasteiger partial charge in [-0.05, 0) is 38.8 Å². The standard InChI is InChI=1S/C13H25N3O/c17-12-6-2-1-3-7-14-8-4-5-10-16-11-9-15-13-16/h9,11,13-14,17H,1-8,10,12H2. The van der Waals surface area contributed by atoms with Gasteiger partial charge in [-0.3, -0.25) is 0 Å². The number of nitrogens with one attached hydrogen (secondary N) is 1. The molecule has 0 aromatic carbocycles. The SMILES string of the molecule is OCCCCCCNCCCCn1ccnc1. The minimum Gasteiger partial charge on any atom is -0.396 e. The molecule has 1 aromatic heterocycles. The number of hydrogen-bond donors (Lipinski definition) is 2. The molecule has 1 rings (SSSR count). The zero-order valence-corrected chi connectivity index (χ0v) is 10.6. The largest absolute Gasteiger partial charge is 0.396 e. The molecule has 0 unspecified atom stereocenters. The molecule has 0 saturated carbocycles. The van der Waals surface area contributed by atoms with Crippen molar-refractivity contribution in [2.24, 2.45) is 0 Å². The van der Waals surface area contributed by atoms with E-state index in [9.17, 15) is 0 Å². The van der Waals surface area contributed by atoms with Crippen LogP contribution in [0, 0.1) is 0 Å². The second-order valence-corrected chi connectivity index (χ2v) is 4.40. The van der Waals surface area contributed by atoms with Crippen LogP contribution in [0.2, 0.25) is 0 Å². The summed E-state index contributed by atoms with van der Waals surface area (Å²) in [4.78, 5) is 4.02. The van der Waals surface area contributed by atoms with E-state index < -0.39 is 0 Å². The number of nitrogens with zero attached hydrogens (tertiary/aromatic N) is 2. The second kappa shape index (κ2) is 10.3. The molecule has 4 nitrogen and oxygen atoms in total. The Hall–Kier alpha value is -0.870. The Bertz CT molecular complexity index is 249. The third-order valence-electron chi connectivity index (χ3n) is 2.84. The summed E-state index contributed by atoms with van der Waals surface area (Å²) in [5, 5.41) is 12.1. The molecule has 0 radical (unpaired) electrons. The predicted octanol–water partition coefficient (Wildman–Crippen LogP) is 1.81. The Morgan fingerprint density at radius 1 is 1.00 bits per heavy atom. The van der Waals surface area contributed by atoms with Crippen LogP contribution in [-0.4, -0.2) is 34.4 Å². The fourth-order valence-corrected chi connectivity index (χ4v) is 1.80. The normalized spacial score (nSPS) is 10.9. The maximum atomic E-state index is 8.62. The summed E-state index contributed by atoms with van der Waals surface area (Å²) in [6, 6.07) is 0. The number of rotatable bonds is 11. The number of aromatic nitrogens is 2. The van der Waals surface area contributed by atoms with Crippen LogP contribution in [0.5, 0.6) is 0 Å². The van der Waals surface area contributed by atoms with Crippen LogP contribution >= 0.6 is 0 Å². The van der Waals surface area contributed by atoms with E-state index in [0.717, 1.165) is 32.5 Å². The molecule has 0 amide bonds. The topological polar surface area (TPSA) is 50.1 Å². The number of aliphatic hydroxyl groups excluding tert-OH is 1. The number of imidazole rings is 1. The molecule has 0 bridgehead atoms. The summed E-state index contributed by atoms with van der Waals surface area (Å²) in [6.45, 7) is 3.62. The van der Waals surface area contributed by atoms with Gasteiger partial charge in [0.1, 0.15) is 0 Å². The smallest absolute Gasteiger partial charge is 0.0945 e. The molecule has 98 valence electrons. The van der Waals surface area contributed by atoms with E-state index in [1.54, 1.807) is 0 Å². The van der Waals surface area contributed by atoms with E-state index in [1.165, 1.54) is 25.7 Å². The first-order valence-electron chi connectivity index (χ1n) is 6.71. The van der Waals surface area contributed by atoms with Crippen LogP contribution in [0.15, 0.2) is 18.7 Å². The van der Waals surface area contributed by atoms with Crippen molar-refractivity contribution < 1.29 is 5.11 Å². The molecule has 17 heavy (non-hydrogen) atoms. The van der Waals surface area contributed by atoms with E-state index in [0.29, 0.717) is 6.61 Å². The van der Waals surface area contributed by atoms with Crippen LogP contribution in [0.3, 0.4) is 0 Å². The molecule has 1 aromatic rings. The highest BCUT2D eigenvalue weighted by molar-refractivity contribution is 4.73. The summed E-state index contributed by atoms with van der Waals surface area (Å²) in [5.41, 5.74) is 0. The molecular formula is C13H25N3O. The van der Waals surface area contributed by atoms with E-state index in [1.807, 2.05) is 18.7 Å². The minimum absolute atomic E-state index is 0.335. The third kappa shape index (κ3) is 7.94. The lowest BCUT2D eigenvalue weighted by atomic mass is 10.2. The van der Waals surface area contributed by atoms with E-state index in [-0.39, 0.29) is 0 Å². The van der Waals surface area contributed by atoms with Crippen molar-refractivity contribution in [3.05, 3.63) is 18.7 Å². The lowest BCUT2D eigenvalue weighted by molar-refractivity contribution is 0.282. The van der Waals surface area contributed by atoms with Crippen LogP contribution in [0.1, 0.15) is 38.5 Å². The van der Waals surface area contributed by atoms with Crippen molar-refractivity contribution in [2.75, 3.05) is 19.7 Å². The van der Waals surface area contributed by atoms with Crippen LogP contribution in [-0.2, 0) is 6.54 Å². The molecule has 0 fully saturated rings. The van der Waals surface area contributed by atoms with E-state index >= 15 is 0 Å². The molecule has 0 saturated heterocycles. The Kier molecular flexibility index (Phi) is 8.59. The fraction of sp³-hybridized carbons (Fsp3) is 0.769. The Morgan fingerprint density at radius 2 is 1.76 bits per heavy atom. The predicted molar refractivity (Wildman–Crippen MR) is 69.9 cm³/mol. The molecule has 1 heterocycles. The monoisotopic (exact) mass is 239 g/mol. The van der Waals surface area contributed by atoms with Gasteiger partial charge in [-0.1, -0.05) is 12.8 Å². The Morgan fingerprint density at radius 3 is 2.47 bits per heavy atom. The summed E-state index contributed by atoms with van der Waals surface area (Å²) in [5.74, 6) is 0. The summed E-state index contributed by atoms with van der Waals surface area (Å²) < 4.78 is 2.12. The van der Waals surface area contributed by atoms with Gasteiger partial charge in [-0.15, -0.1) is 0 Å². The Labute approximate surface area is 104 Å². The molecule has 0 aliphatic carbocycles. The lowest BCUT2D eigenvalue weighted by Crippen LogP contribution is -2.17. The quantitative estimate of drug-likeness (QED) is 0.579. The van der Waals surface area contributed by atoms with Crippen LogP contribution < -0.4 is 5.32 Å². The van der Waals surface area contributed by atoms with Crippen LogP contribution in [0.4, 0.5) is 0 Å². The highest BCUT2D eigenvalue weighted by Crippen LogP contribution is 1.98. The van der Waals surface area contributed by atoms with Gasteiger partial charge in [-0.25, -0.2) is 4.98 Å². The highest BCUT2D eigenvalue weighted by atomic mass is 16.2. The number of aliphatic hydroxyl groups is 1. The first-order chi connectivity index (χ1) is 8.43. The molecule has 2 N–H and O–H groups in total. The molecule has 0 aliphatic heterocycles. The number of hydrogen-bond acceptors (Lipinski definition) is 3. The van der Waals surface area contributed by atoms with Gasteiger partial charge in [0, 0.05) is 25.5 Å². The number of unbranched alkanes of at least 4 members (excludes halogenated alkanes) is 4. The summed E-state index contributed by atoms with van der Waals surface area (Å²) in [6.07, 6.45) is 12.7. The maximum Gasteiger partial charge on any atom is 0.0945 e. The van der Waals surface area contributed by atoms with E-state index in [4.69, 9.17) is 5.11 Å². The van der Waals surface area contributed by atoms with Crippen LogP contribution in [0.25, 0.3) is 0 Å². The second-order valence-electron chi connectivity index (χ2n) is 4.40. The fourth-order valence-electron chi connectivity index (χ4n) is 1.80. The summed E-state index contributed by atoms with van der Waals surface area (Å²) in [7, 11) is 0. The first kappa shape index (κ1) is 14.2. The zero-order valence-electron chi connectivity index (χ0n) is 10.6. The first-order valence-corrected chi connectivity index (χ1v) is 6.71. The van der Waals surface area contributed by atoms with Gasteiger partial charge in [0.05, 0.1) is 6.33 Å². The number of aryl methyl sites for hydroxylation is 1. The average Bonchev–Trinajstić information content (AvgIpc) is 2.85. The average molecular weight is 239 g/mol. The van der Waals surface area contributed by atoms with Crippen molar-refractivity contribution in [3.63, 3.8) is 0 Å². The van der Waals surface area contributed by atoms with Crippen molar-refractivity contribution in [1.29, 1.82) is 0 Å². The molecule has 0 aliphatic rings. The van der Waals surface area contributed by atoms with Gasteiger partial charge in [0.15, 0.2) is 0 Å². The third-order valence-corrected chi connectivity index (χ3v) is 2.84. The molecule has 0 spiro atoms. The van der Waals surface area contributed by atoms with Crippen molar-refractivity contribution >= 4 is 0 Å². The minimum atomic E-state index is 0.335. The Balaban J connectivity index is 1.76. The van der Waals surface area contributed by atoms with Gasteiger partial charge >= 0.3 is 0 Å². The van der Waals surface area contributed by atoms with Crippen molar-refractivity contribution in [1.82, 2.24) is 14.9 Å². The maximum absolute atomic E-state index is 8.62.